The smallest absolute Gasteiger partial charge is 0.408 e. The highest BCUT2D eigenvalue weighted by Crippen LogP contribution is 2.42. The molecule has 16 heteroatoms. The number of hydrogen-bond acceptors (Lipinski definition) is 10. The van der Waals surface area contributed by atoms with E-state index in [0.29, 0.717) is 4.57 Å². The van der Waals surface area contributed by atoms with Crippen molar-refractivity contribution >= 4 is 23.7 Å². The van der Waals surface area contributed by atoms with Crippen molar-refractivity contribution < 1.29 is 42.5 Å². The summed E-state index contributed by atoms with van der Waals surface area (Å²) in [4.78, 5) is 52.8. The van der Waals surface area contributed by atoms with E-state index in [1.807, 2.05) is 6.07 Å². The highest BCUT2D eigenvalue weighted by atomic mass is 19.3. The Morgan fingerprint density at radius 3 is 2.48 bits per heavy atom. The first kappa shape index (κ1) is 32.4. The molecule has 1 aliphatic rings. The van der Waals surface area contributed by atoms with Crippen molar-refractivity contribution in [2.24, 2.45) is 5.92 Å². The Kier molecular flexibility index (Phi) is 10.9. The molecule has 3 amide bonds. The summed E-state index contributed by atoms with van der Waals surface area (Å²) in [5.41, 5.74) is 5.06. The number of anilines is 1. The molecule has 0 spiro atoms. The van der Waals surface area contributed by atoms with E-state index >= 15 is 0 Å². The van der Waals surface area contributed by atoms with Crippen LogP contribution in [0.25, 0.3) is 0 Å². The van der Waals surface area contributed by atoms with Crippen molar-refractivity contribution in [1.82, 2.24) is 25.5 Å². The van der Waals surface area contributed by atoms with Crippen LogP contribution in [-0.2, 0) is 30.4 Å². The number of hydrogen-bond donors (Lipinski definition) is 5. The van der Waals surface area contributed by atoms with Crippen molar-refractivity contribution in [3.8, 4) is 0 Å². The number of aliphatic hydroxyl groups excluding tert-OH is 1. The molecule has 3 rings (SSSR count). The lowest BCUT2D eigenvalue weighted by Crippen LogP contribution is -2.54. The van der Waals surface area contributed by atoms with Crippen LogP contribution < -0.4 is 27.4 Å². The molecule has 42 heavy (non-hydrogen) atoms. The molecule has 1 aromatic carbocycles. The Balaban J connectivity index is 1.44. The number of benzene rings is 1. The van der Waals surface area contributed by atoms with Gasteiger partial charge in [0.2, 0.25) is 18.0 Å². The number of nitrogens with two attached hydrogens (primary N) is 1. The third kappa shape index (κ3) is 8.20. The van der Waals surface area contributed by atoms with Crippen molar-refractivity contribution in [3.05, 3.63) is 58.6 Å². The molecule has 1 fully saturated rings. The molecule has 0 radical (unpaired) electrons. The first-order chi connectivity index (χ1) is 19.8. The Hall–Kier alpha value is -4.15. The van der Waals surface area contributed by atoms with Gasteiger partial charge in [-0.15, -0.1) is 0 Å². The molecular formula is C26H34F2N6O8. The zero-order valence-electron chi connectivity index (χ0n) is 23.2. The van der Waals surface area contributed by atoms with Gasteiger partial charge in [0.25, 0.3) is 0 Å². The zero-order valence-corrected chi connectivity index (χ0v) is 23.2. The van der Waals surface area contributed by atoms with E-state index in [-0.39, 0.29) is 18.3 Å². The van der Waals surface area contributed by atoms with E-state index in [9.17, 15) is 33.1 Å². The van der Waals surface area contributed by atoms with E-state index in [0.717, 1.165) is 17.8 Å². The molecule has 0 unspecified atom stereocenters. The summed E-state index contributed by atoms with van der Waals surface area (Å²) < 4.78 is 45.2. The number of ether oxygens (including phenoxy) is 3. The molecule has 0 aliphatic carbocycles. The third-order valence-corrected chi connectivity index (χ3v) is 6.30. The topological polar surface area (TPSA) is 196 Å². The Labute approximate surface area is 239 Å². The average molecular weight is 597 g/mol. The van der Waals surface area contributed by atoms with Gasteiger partial charge in [-0.05, 0) is 24.5 Å². The van der Waals surface area contributed by atoms with Crippen molar-refractivity contribution in [2.45, 2.75) is 63.8 Å². The van der Waals surface area contributed by atoms with E-state index in [1.165, 1.54) is 6.92 Å². The van der Waals surface area contributed by atoms with Crippen molar-refractivity contribution in [3.63, 3.8) is 0 Å². The number of nitrogen functional groups attached to an aromatic ring is 1. The highest BCUT2D eigenvalue weighted by molar-refractivity contribution is 5.91. The van der Waals surface area contributed by atoms with Crippen LogP contribution in [0.2, 0.25) is 0 Å². The number of halogens is 2. The number of carbonyl (C=O) groups is 3. The third-order valence-electron chi connectivity index (χ3n) is 6.30. The molecule has 230 valence electrons. The lowest BCUT2D eigenvalue weighted by molar-refractivity contribution is -0.141. The van der Waals surface area contributed by atoms with Crippen molar-refractivity contribution in [1.29, 1.82) is 0 Å². The summed E-state index contributed by atoms with van der Waals surface area (Å²) >= 11 is 0. The number of carbonyl (C=O) groups excluding carboxylic acids is 3. The van der Waals surface area contributed by atoms with Gasteiger partial charge in [-0.1, -0.05) is 44.2 Å². The van der Waals surface area contributed by atoms with Gasteiger partial charge in [0.15, 0.2) is 6.10 Å². The first-order valence-electron chi connectivity index (χ1n) is 13.0. The van der Waals surface area contributed by atoms with Crippen LogP contribution in [0.3, 0.4) is 0 Å². The molecule has 6 N–H and O–H groups in total. The minimum absolute atomic E-state index is 0.0102. The predicted molar refractivity (Wildman–Crippen MR) is 143 cm³/mol. The molecule has 2 aromatic rings. The van der Waals surface area contributed by atoms with Crippen LogP contribution in [0.1, 0.15) is 32.6 Å². The number of nitrogens with one attached hydrogen (secondary N) is 3. The predicted octanol–water partition coefficient (Wildman–Crippen LogP) is 0.265. The standard InChI is InChI=1S/C26H34F2N6O8/c1-14(2)19(33-25(39)41-11-16-7-5-4-6-8-16)22(37)31-15(3)21(36)30-13-40-12-17-20(35)26(27,28)23(42-17)34-10-9-18(29)32-24(34)38/h4-10,14-15,17,19-20,23,35H,11-13H2,1-3H3,(H,30,36)(H,31,37)(H,33,39)(H2,29,32,38)/t15-,17+,19-,20+,23+/m0/s1. The molecule has 0 bridgehead atoms. The molecule has 2 heterocycles. The Bertz CT molecular complexity index is 1300. The van der Waals surface area contributed by atoms with Crippen LogP contribution >= 0.6 is 0 Å². The minimum atomic E-state index is -3.85. The van der Waals surface area contributed by atoms with Crippen LogP contribution in [0, 0.1) is 5.92 Å². The van der Waals surface area contributed by atoms with Crippen LogP contribution in [0.5, 0.6) is 0 Å². The number of aromatic nitrogens is 2. The SMILES string of the molecule is CC(C)[C@H](NC(=O)OCc1ccccc1)C(=O)N[C@@H](C)C(=O)NCOC[C@H]1O[C@@H](n2ccc(N)nc2=O)C(F)(F)[C@@H]1O. The summed E-state index contributed by atoms with van der Waals surface area (Å²) in [7, 11) is 0. The van der Waals surface area contributed by atoms with Crippen LogP contribution in [0.15, 0.2) is 47.4 Å². The average Bonchev–Trinajstić information content (AvgIpc) is 3.16. The molecule has 1 aliphatic heterocycles. The van der Waals surface area contributed by atoms with Gasteiger partial charge in [0.1, 0.15) is 37.3 Å². The van der Waals surface area contributed by atoms with Gasteiger partial charge in [-0.25, -0.2) is 9.59 Å². The number of amides is 3. The van der Waals surface area contributed by atoms with Crippen molar-refractivity contribution in [2.75, 3.05) is 19.1 Å². The molecule has 5 atom stereocenters. The van der Waals surface area contributed by atoms with Gasteiger partial charge in [-0.2, -0.15) is 13.8 Å². The summed E-state index contributed by atoms with van der Waals surface area (Å²) in [5, 5.41) is 17.4. The van der Waals surface area contributed by atoms with E-state index in [4.69, 9.17) is 19.9 Å². The minimum Gasteiger partial charge on any atom is -0.445 e. The lowest BCUT2D eigenvalue weighted by atomic mass is 10.0. The van der Waals surface area contributed by atoms with E-state index < -0.39 is 73.4 Å². The second kappa shape index (κ2) is 14.2. The van der Waals surface area contributed by atoms with Gasteiger partial charge in [-0.3, -0.25) is 14.2 Å². The summed E-state index contributed by atoms with van der Waals surface area (Å²) in [5.74, 6) is -5.67. The maximum atomic E-state index is 14.6. The summed E-state index contributed by atoms with van der Waals surface area (Å²) in [6, 6.07) is 8.04. The largest absolute Gasteiger partial charge is 0.445 e. The second-order valence-corrected chi connectivity index (χ2v) is 9.90. The molecular weight excluding hydrogens is 562 g/mol. The number of alkyl halides is 2. The molecule has 1 saturated heterocycles. The molecule has 14 nitrogen and oxygen atoms in total. The summed E-state index contributed by atoms with van der Waals surface area (Å²) in [6.45, 7) is 3.78. The van der Waals surface area contributed by atoms with E-state index in [1.54, 1.807) is 38.1 Å². The van der Waals surface area contributed by atoms with E-state index in [2.05, 4.69) is 20.9 Å². The fourth-order valence-corrected chi connectivity index (χ4v) is 3.96. The normalized spacial score (nSPS) is 20.9. The summed E-state index contributed by atoms with van der Waals surface area (Å²) in [6.07, 6.45) is -5.84. The maximum absolute atomic E-state index is 14.6. The Morgan fingerprint density at radius 2 is 1.83 bits per heavy atom. The molecule has 0 saturated carbocycles. The second-order valence-electron chi connectivity index (χ2n) is 9.90. The maximum Gasteiger partial charge on any atom is 0.408 e. The lowest BCUT2D eigenvalue weighted by Gasteiger charge is -2.23. The van der Waals surface area contributed by atoms with Gasteiger partial charge >= 0.3 is 17.7 Å². The van der Waals surface area contributed by atoms with Gasteiger partial charge < -0.3 is 41.0 Å². The molecule has 1 aromatic heterocycles. The Morgan fingerprint density at radius 1 is 1.14 bits per heavy atom. The first-order valence-corrected chi connectivity index (χ1v) is 13.0. The highest BCUT2D eigenvalue weighted by Gasteiger charge is 2.59. The number of aliphatic hydroxyl groups is 1. The fraction of sp³-hybridized carbons (Fsp3) is 0.500. The van der Waals surface area contributed by atoms with Crippen LogP contribution in [0.4, 0.5) is 19.4 Å². The van der Waals surface area contributed by atoms with Gasteiger partial charge in [0, 0.05) is 6.20 Å². The zero-order chi connectivity index (χ0) is 31.0. The number of alkyl carbamates (subject to hydrolysis) is 1. The van der Waals surface area contributed by atoms with Gasteiger partial charge in [0.05, 0.1) is 6.61 Å². The number of nitrogens with zero attached hydrogens (tertiary/aromatic N) is 2. The van der Waals surface area contributed by atoms with Crippen LogP contribution in [-0.4, -0.2) is 76.1 Å². The quantitative estimate of drug-likeness (QED) is 0.168. The number of rotatable bonds is 12. The fourth-order valence-electron chi connectivity index (χ4n) is 3.96. The monoisotopic (exact) mass is 596 g/mol.